The first kappa shape index (κ1) is 12.0. The van der Waals surface area contributed by atoms with Crippen molar-refractivity contribution in [1.82, 2.24) is 9.88 Å². The van der Waals surface area contributed by atoms with E-state index in [1.807, 2.05) is 12.3 Å². The number of carbonyl (C=O) groups is 1. The Morgan fingerprint density at radius 2 is 2.32 bits per heavy atom. The van der Waals surface area contributed by atoms with Gasteiger partial charge in [-0.05, 0) is 35.5 Å². The van der Waals surface area contributed by atoms with Crippen molar-refractivity contribution in [2.24, 2.45) is 11.8 Å². The molecule has 0 saturated carbocycles. The van der Waals surface area contributed by atoms with Crippen molar-refractivity contribution in [3.05, 3.63) is 30.1 Å². The molecule has 0 spiro atoms. The number of ether oxygens (including phenoxy) is 1. The Balaban J connectivity index is 1.78. The van der Waals surface area contributed by atoms with Crippen LogP contribution in [0.3, 0.4) is 0 Å². The van der Waals surface area contributed by atoms with Gasteiger partial charge in [0.25, 0.3) is 0 Å². The fourth-order valence-electron chi connectivity index (χ4n) is 2.99. The topological polar surface area (TPSA) is 62.7 Å². The first-order valence-electron chi connectivity index (χ1n) is 6.35. The molecule has 0 radical (unpaired) electrons. The number of fused-ring (bicyclic) bond motifs is 1. The molecule has 2 atom stereocenters. The first-order chi connectivity index (χ1) is 9.17. The van der Waals surface area contributed by atoms with Crippen LogP contribution in [0, 0.1) is 11.8 Å². The number of allylic oxidation sites excluding steroid dienone is 1. The molecular weight excluding hydrogens is 244 g/mol. The van der Waals surface area contributed by atoms with Gasteiger partial charge in [-0.2, -0.15) is 0 Å². The summed E-state index contributed by atoms with van der Waals surface area (Å²) in [5, 5.41) is 9.00. The van der Waals surface area contributed by atoms with E-state index in [1.165, 1.54) is 10.5 Å². The highest BCUT2D eigenvalue weighted by molar-refractivity contribution is 5.70. The average Bonchev–Trinajstić information content (AvgIpc) is 2.96. The second kappa shape index (κ2) is 4.57. The van der Waals surface area contributed by atoms with Crippen molar-refractivity contribution in [3.63, 3.8) is 0 Å². The van der Waals surface area contributed by atoms with Gasteiger partial charge in [-0.15, -0.1) is 0 Å². The maximum atomic E-state index is 10.9. The lowest BCUT2D eigenvalue weighted by Crippen LogP contribution is -2.27. The van der Waals surface area contributed by atoms with Crippen molar-refractivity contribution in [3.8, 4) is 5.75 Å². The summed E-state index contributed by atoms with van der Waals surface area (Å²) in [7, 11) is 1.63. The molecule has 5 nitrogen and oxygen atoms in total. The van der Waals surface area contributed by atoms with Crippen LogP contribution >= 0.6 is 0 Å². The van der Waals surface area contributed by atoms with Gasteiger partial charge in [0.1, 0.15) is 5.75 Å². The molecule has 1 aromatic rings. The number of likely N-dealkylation sites (tertiary alicyclic amines) is 1. The van der Waals surface area contributed by atoms with E-state index in [4.69, 9.17) is 9.84 Å². The maximum absolute atomic E-state index is 10.9. The highest BCUT2D eigenvalue weighted by atomic mass is 16.5. The number of carboxylic acid groups (broad SMARTS) is 1. The molecule has 1 aromatic heterocycles. The summed E-state index contributed by atoms with van der Waals surface area (Å²) in [5.74, 6) is 1.51. The van der Waals surface area contributed by atoms with Crippen molar-refractivity contribution >= 4 is 11.7 Å². The number of aromatic nitrogens is 1. The Bertz CT molecular complexity index is 541. The Labute approximate surface area is 111 Å². The van der Waals surface area contributed by atoms with E-state index in [0.29, 0.717) is 24.9 Å². The van der Waals surface area contributed by atoms with Crippen LogP contribution in [0.4, 0.5) is 4.79 Å². The Kier molecular flexibility index (Phi) is 2.89. The number of nitrogens with zero attached hydrogens (tertiary/aromatic N) is 2. The fraction of sp³-hybridized carbons (Fsp3) is 0.429. The molecule has 1 N–H and O–H groups in total. The summed E-state index contributed by atoms with van der Waals surface area (Å²) in [6.45, 7) is 1.25. The van der Waals surface area contributed by atoms with Crippen LogP contribution in [0.15, 0.2) is 24.5 Å². The fourth-order valence-corrected chi connectivity index (χ4v) is 2.99. The number of hydrogen-bond donors (Lipinski definition) is 1. The first-order valence-corrected chi connectivity index (χ1v) is 6.35. The van der Waals surface area contributed by atoms with Gasteiger partial charge in [-0.3, -0.25) is 4.98 Å². The molecule has 0 bridgehead atoms. The number of pyridine rings is 1. The molecule has 2 heterocycles. The van der Waals surface area contributed by atoms with Gasteiger partial charge in [0.05, 0.1) is 13.3 Å². The van der Waals surface area contributed by atoms with E-state index in [-0.39, 0.29) is 0 Å². The van der Waals surface area contributed by atoms with Gasteiger partial charge in [-0.1, -0.05) is 6.08 Å². The van der Waals surface area contributed by atoms with E-state index in [1.54, 1.807) is 13.3 Å². The lowest BCUT2D eigenvalue weighted by Gasteiger charge is -2.12. The zero-order chi connectivity index (χ0) is 13.4. The van der Waals surface area contributed by atoms with Gasteiger partial charge < -0.3 is 14.7 Å². The van der Waals surface area contributed by atoms with Crippen molar-refractivity contribution in [1.29, 1.82) is 0 Å². The summed E-state index contributed by atoms with van der Waals surface area (Å²) >= 11 is 0. The minimum atomic E-state index is -0.813. The lowest BCUT2D eigenvalue weighted by molar-refractivity contribution is 0.153. The molecule has 0 aromatic carbocycles. The third kappa shape index (κ3) is 2.16. The van der Waals surface area contributed by atoms with E-state index < -0.39 is 6.09 Å². The summed E-state index contributed by atoms with van der Waals surface area (Å²) < 4.78 is 5.18. The number of methoxy groups -OCH3 is 1. The number of rotatable bonds is 2. The Hall–Kier alpha value is -2.04. The summed E-state index contributed by atoms with van der Waals surface area (Å²) in [5.41, 5.74) is 2.34. The smallest absolute Gasteiger partial charge is 0.407 e. The molecular formula is C14H16N2O3. The standard InChI is InChI=1S/C14H16N2O3/c1-19-13-4-10(5-15-6-13)9-2-11-7-16(14(17)18)8-12(11)3-9/h2,4-6,11-12H,3,7-8H2,1H3,(H,17,18)/t11-,12+/m0/s1. The largest absolute Gasteiger partial charge is 0.495 e. The highest BCUT2D eigenvalue weighted by Gasteiger charge is 2.38. The van der Waals surface area contributed by atoms with Gasteiger partial charge in [0.2, 0.25) is 0 Å². The van der Waals surface area contributed by atoms with Crippen LogP contribution in [0.25, 0.3) is 5.57 Å². The predicted molar refractivity (Wildman–Crippen MR) is 70.0 cm³/mol. The molecule has 1 saturated heterocycles. The van der Waals surface area contributed by atoms with E-state index in [0.717, 1.165) is 17.7 Å². The molecule has 1 fully saturated rings. The molecule has 0 unspecified atom stereocenters. The van der Waals surface area contributed by atoms with Gasteiger partial charge >= 0.3 is 6.09 Å². The predicted octanol–water partition coefficient (Wildman–Crippen LogP) is 2.10. The lowest BCUT2D eigenvalue weighted by atomic mass is 9.99. The summed E-state index contributed by atoms with van der Waals surface area (Å²) in [6, 6.07) is 1.98. The Morgan fingerprint density at radius 3 is 3.00 bits per heavy atom. The van der Waals surface area contributed by atoms with E-state index in [2.05, 4.69) is 11.1 Å². The number of amides is 1. The second-order valence-corrected chi connectivity index (χ2v) is 5.12. The van der Waals surface area contributed by atoms with Crippen molar-refractivity contribution in [2.75, 3.05) is 20.2 Å². The zero-order valence-corrected chi connectivity index (χ0v) is 10.7. The molecule has 2 aliphatic rings. The monoisotopic (exact) mass is 260 g/mol. The van der Waals surface area contributed by atoms with Crippen LogP contribution in [0.2, 0.25) is 0 Å². The normalized spacial score (nSPS) is 25.1. The van der Waals surface area contributed by atoms with Crippen LogP contribution in [0.1, 0.15) is 12.0 Å². The van der Waals surface area contributed by atoms with Gasteiger partial charge in [0.15, 0.2) is 0 Å². The van der Waals surface area contributed by atoms with E-state index >= 15 is 0 Å². The van der Waals surface area contributed by atoms with Crippen LogP contribution < -0.4 is 4.74 Å². The molecule has 1 aliphatic carbocycles. The second-order valence-electron chi connectivity index (χ2n) is 5.12. The number of hydrogen-bond acceptors (Lipinski definition) is 3. The molecule has 1 amide bonds. The molecule has 100 valence electrons. The minimum Gasteiger partial charge on any atom is -0.495 e. The summed E-state index contributed by atoms with van der Waals surface area (Å²) in [4.78, 5) is 16.6. The van der Waals surface area contributed by atoms with Crippen molar-refractivity contribution < 1.29 is 14.6 Å². The van der Waals surface area contributed by atoms with Crippen LogP contribution in [-0.2, 0) is 0 Å². The van der Waals surface area contributed by atoms with Crippen molar-refractivity contribution in [2.45, 2.75) is 6.42 Å². The SMILES string of the molecule is COc1cncc(C2=C[C@H]3CN(C(=O)O)C[C@H]3C2)c1. The van der Waals surface area contributed by atoms with Crippen LogP contribution in [0.5, 0.6) is 5.75 Å². The quantitative estimate of drug-likeness (QED) is 0.884. The zero-order valence-electron chi connectivity index (χ0n) is 10.7. The molecule has 19 heavy (non-hydrogen) atoms. The summed E-state index contributed by atoms with van der Waals surface area (Å²) in [6.07, 6.45) is 5.83. The average molecular weight is 260 g/mol. The molecule has 1 aliphatic heterocycles. The van der Waals surface area contributed by atoms with Gasteiger partial charge in [0, 0.05) is 19.3 Å². The van der Waals surface area contributed by atoms with Crippen LogP contribution in [-0.4, -0.2) is 41.3 Å². The highest BCUT2D eigenvalue weighted by Crippen LogP contribution is 2.41. The minimum absolute atomic E-state index is 0.345. The molecule has 5 heteroatoms. The maximum Gasteiger partial charge on any atom is 0.407 e. The Morgan fingerprint density at radius 1 is 1.47 bits per heavy atom. The van der Waals surface area contributed by atoms with E-state index in [9.17, 15) is 4.79 Å². The third-order valence-corrected chi connectivity index (χ3v) is 3.98. The third-order valence-electron chi connectivity index (χ3n) is 3.98. The van der Waals surface area contributed by atoms with Gasteiger partial charge in [-0.25, -0.2) is 4.79 Å². The molecule has 3 rings (SSSR count).